The first-order valence-electron chi connectivity index (χ1n) is 7.81. The molecule has 2 aromatic rings. The minimum Gasteiger partial charge on any atom is -0.345 e. The highest BCUT2D eigenvalue weighted by Crippen LogP contribution is 2.13. The molecule has 0 bridgehead atoms. The second-order valence-electron chi connectivity index (χ2n) is 5.57. The SMILES string of the molecule is CC(=C\c1ccccc1)/C=C(\C#N)C(=O)N[C@H](C)c1ccccc1. The van der Waals surface area contributed by atoms with Gasteiger partial charge in [-0.1, -0.05) is 66.7 Å². The quantitative estimate of drug-likeness (QED) is 0.504. The Morgan fingerprint density at radius 1 is 1.08 bits per heavy atom. The average molecular weight is 316 g/mol. The number of benzene rings is 2. The maximum Gasteiger partial charge on any atom is 0.262 e. The maximum absolute atomic E-state index is 12.3. The van der Waals surface area contributed by atoms with Gasteiger partial charge in [0.2, 0.25) is 0 Å². The predicted octanol–water partition coefficient (Wildman–Crippen LogP) is 4.42. The van der Waals surface area contributed by atoms with Gasteiger partial charge in [-0.05, 0) is 36.6 Å². The Bertz CT molecular complexity index is 784. The standard InChI is InChI=1S/C21H20N2O/c1-16(13-18-9-5-3-6-10-18)14-20(15-22)21(24)23-17(2)19-11-7-4-8-12-19/h3-14,17H,1-2H3,(H,23,24)/b16-13+,20-14+/t17-/m1/s1. The summed E-state index contributed by atoms with van der Waals surface area (Å²) in [5.74, 6) is -0.366. The maximum atomic E-state index is 12.3. The van der Waals surface area contributed by atoms with Crippen LogP contribution in [0.1, 0.15) is 31.0 Å². The number of allylic oxidation sites excluding steroid dienone is 2. The highest BCUT2D eigenvalue weighted by molar-refractivity contribution is 5.98. The number of carbonyl (C=O) groups is 1. The summed E-state index contributed by atoms with van der Waals surface area (Å²) in [4.78, 5) is 12.3. The molecule has 0 aliphatic rings. The van der Waals surface area contributed by atoms with Crippen LogP contribution < -0.4 is 5.32 Å². The van der Waals surface area contributed by atoms with Crippen LogP contribution in [0.25, 0.3) is 6.08 Å². The summed E-state index contributed by atoms with van der Waals surface area (Å²) in [6, 6.07) is 21.3. The molecule has 0 aromatic heterocycles. The molecule has 0 unspecified atom stereocenters. The molecule has 3 heteroatoms. The van der Waals surface area contributed by atoms with Gasteiger partial charge in [0.1, 0.15) is 11.6 Å². The van der Waals surface area contributed by atoms with E-state index in [4.69, 9.17) is 0 Å². The average Bonchev–Trinajstić information content (AvgIpc) is 2.61. The molecule has 1 amide bonds. The first kappa shape index (κ1) is 17.2. The normalized spacial score (nSPS) is 13.0. The Hall–Kier alpha value is -3.12. The smallest absolute Gasteiger partial charge is 0.262 e. The molecule has 1 N–H and O–H groups in total. The zero-order valence-corrected chi connectivity index (χ0v) is 13.9. The van der Waals surface area contributed by atoms with E-state index < -0.39 is 0 Å². The van der Waals surface area contributed by atoms with Crippen molar-refractivity contribution in [2.45, 2.75) is 19.9 Å². The monoisotopic (exact) mass is 316 g/mol. The number of nitrogens with zero attached hydrogens (tertiary/aromatic N) is 1. The van der Waals surface area contributed by atoms with E-state index >= 15 is 0 Å². The number of nitrogens with one attached hydrogen (secondary N) is 1. The summed E-state index contributed by atoms with van der Waals surface area (Å²) in [5.41, 5.74) is 2.98. The second kappa shape index (κ2) is 8.50. The van der Waals surface area contributed by atoms with Crippen LogP contribution in [0.5, 0.6) is 0 Å². The third kappa shape index (κ3) is 4.96. The lowest BCUT2D eigenvalue weighted by Gasteiger charge is -2.13. The Labute approximate surface area is 142 Å². The van der Waals surface area contributed by atoms with E-state index in [1.165, 1.54) is 0 Å². The fraction of sp³-hybridized carbons (Fsp3) is 0.143. The highest BCUT2D eigenvalue weighted by atomic mass is 16.1. The summed E-state index contributed by atoms with van der Waals surface area (Å²) in [6.45, 7) is 3.77. The molecule has 0 spiro atoms. The van der Waals surface area contributed by atoms with E-state index in [0.29, 0.717) is 0 Å². The van der Waals surface area contributed by atoms with Gasteiger partial charge in [0, 0.05) is 0 Å². The molecule has 0 radical (unpaired) electrons. The molecule has 0 saturated carbocycles. The van der Waals surface area contributed by atoms with E-state index in [-0.39, 0.29) is 17.5 Å². The van der Waals surface area contributed by atoms with Crippen molar-refractivity contribution in [2.24, 2.45) is 0 Å². The third-order valence-electron chi connectivity index (χ3n) is 3.58. The lowest BCUT2D eigenvalue weighted by molar-refractivity contribution is -0.117. The van der Waals surface area contributed by atoms with E-state index in [1.54, 1.807) is 6.08 Å². The molecule has 0 heterocycles. The van der Waals surface area contributed by atoms with E-state index in [0.717, 1.165) is 16.7 Å². The fourth-order valence-electron chi connectivity index (χ4n) is 2.33. The zero-order valence-electron chi connectivity index (χ0n) is 13.9. The number of amides is 1. The lowest BCUT2D eigenvalue weighted by Crippen LogP contribution is -2.27. The molecule has 24 heavy (non-hydrogen) atoms. The van der Waals surface area contributed by atoms with Gasteiger partial charge in [-0.15, -0.1) is 0 Å². The van der Waals surface area contributed by atoms with Crippen molar-refractivity contribution in [3.63, 3.8) is 0 Å². The molecule has 0 aliphatic carbocycles. The minimum absolute atomic E-state index is 0.0995. The van der Waals surface area contributed by atoms with Gasteiger partial charge < -0.3 is 5.32 Å². The number of rotatable bonds is 5. The van der Waals surface area contributed by atoms with Crippen molar-refractivity contribution < 1.29 is 4.79 Å². The van der Waals surface area contributed by atoms with Crippen LogP contribution >= 0.6 is 0 Å². The van der Waals surface area contributed by atoms with Gasteiger partial charge >= 0.3 is 0 Å². The summed E-state index contributed by atoms with van der Waals surface area (Å²) >= 11 is 0. The van der Waals surface area contributed by atoms with Crippen LogP contribution in [0.2, 0.25) is 0 Å². The highest BCUT2D eigenvalue weighted by Gasteiger charge is 2.13. The van der Waals surface area contributed by atoms with E-state index in [9.17, 15) is 10.1 Å². The molecule has 0 saturated heterocycles. The number of carbonyl (C=O) groups excluding carboxylic acids is 1. The molecule has 0 fully saturated rings. The third-order valence-corrected chi connectivity index (χ3v) is 3.58. The van der Waals surface area contributed by atoms with Crippen molar-refractivity contribution in [3.05, 3.63) is 89.0 Å². The van der Waals surface area contributed by atoms with Gasteiger partial charge in [0.25, 0.3) is 5.91 Å². The van der Waals surface area contributed by atoms with Crippen LogP contribution in [0.3, 0.4) is 0 Å². The van der Waals surface area contributed by atoms with Gasteiger partial charge in [-0.25, -0.2) is 0 Å². The van der Waals surface area contributed by atoms with Gasteiger partial charge in [-0.3, -0.25) is 4.79 Å². The first-order chi connectivity index (χ1) is 11.6. The summed E-state index contributed by atoms with van der Waals surface area (Å²) in [7, 11) is 0. The summed E-state index contributed by atoms with van der Waals surface area (Å²) < 4.78 is 0. The molecule has 1 atom stereocenters. The van der Waals surface area contributed by atoms with E-state index in [2.05, 4.69) is 5.32 Å². The van der Waals surface area contributed by atoms with Crippen LogP contribution in [0, 0.1) is 11.3 Å². The topological polar surface area (TPSA) is 52.9 Å². The van der Waals surface area contributed by atoms with Crippen LogP contribution in [0.15, 0.2) is 77.9 Å². The molecule has 3 nitrogen and oxygen atoms in total. The number of nitriles is 1. The molecule has 0 aliphatic heterocycles. The van der Waals surface area contributed by atoms with Gasteiger partial charge in [-0.2, -0.15) is 5.26 Å². The van der Waals surface area contributed by atoms with Crippen molar-refractivity contribution in [1.29, 1.82) is 5.26 Å². The molecular weight excluding hydrogens is 296 g/mol. The van der Waals surface area contributed by atoms with Crippen LogP contribution in [0.4, 0.5) is 0 Å². The first-order valence-corrected chi connectivity index (χ1v) is 7.81. The minimum atomic E-state index is -0.366. The molecule has 2 rings (SSSR count). The molecule has 2 aromatic carbocycles. The second-order valence-corrected chi connectivity index (χ2v) is 5.57. The predicted molar refractivity (Wildman–Crippen MR) is 96.8 cm³/mol. The largest absolute Gasteiger partial charge is 0.345 e. The van der Waals surface area contributed by atoms with Crippen molar-refractivity contribution in [2.75, 3.05) is 0 Å². The summed E-state index contributed by atoms with van der Waals surface area (Å²) in [5, 5.41) is 12.1. The molecular formula is C21H20N2O. The number of hydrogen-bond acceptors (Lipinski definition) is 2. The van der Waals surface area contributed by atoms with Crippen molar-refractivity contribution >= 4 is 12.0 Å². The summed E-state index contributed by atoms with van der Waals surface area (Å²) in [6.07, 6.45) is 3.55. The fourth-order valence-corrected chi connectivity index (χ4v) is 2.33. The molecule has 120 valence electrons. The Morgan fingerprint density at radius 3 is 2.25 bits per heavy atom. The zero-order chi connectivity index (χ0) is 17.4. The van der Waals surface area contributed by atoms with Gasteiger partial charge in [0.15, 0.2) is 0 Å². The van der Waals surface area contributed by atoms with Crippen LogP contribution in [-0.2, 0) is 4.79 Å². The van der Waals surface area contributed by atoms with Crippen molar-refractivity contribution in [3.8, 4) is 6.07 Å². The Morgan fingerprint density at radius 2 is 1.67 bits per heavy atom. The van der Waals surface area contributed by atoms with E-state index in [1.807, 2.05) is 86.7 Å². The number of hydrogen-bond donors (Lipinski definition) is 1. The van der Waals surface area contributed by atoms with Crippen molar-refractivity contribution in [1.82, 2.24) is 5.32 Å². The van der Waals surface area contributed by atoms with Crippen LogP contribution in [-0.4, -0.2) is 5.91 Å². The Kier molecular flexibility index (Phi) is 6.10. The van der Waals surface area contributed by atoms with Gasteiger partial charge in [0.05, 0.1) is 6.04 Å². The lowest BCUT2D eigenvalue weighted by atomic mass is 10.1. The Balaban J connectivity index is 2.11.